The highest BCUT2D eigenvalue weighted by Crippen LogP contribution is 2.51. The van der Waals surface area contributed by atoms with Crippen LogP contribution in [0.25, 0.3) is 44.8 Å². The average Bonchev–Trinajstić information content (AvgIpc) is 3.41. The molecule has 0 N–H and O–H groups in total. The molecule has 0 atom stereocenters. The fraction of sp³-hybridized carbons (Fsp3) is 0.153. The number of benzene rings is 8. The molecule has 0 radical (unpaired) electrons. The Hall–Kier alpha value is -6.68. The van der Waals surface area contributed by atoms with E-state index in [2.05, 4.69) is 233 Å². The van der Waals surface area contributed by atoms with E-state index >= 15 is 0 Å². The number of rotatable bonds is 5. The minimum absolute atomic E-state index is 0.142. The van der Waals surface area contributed by atoms with E-state index in [1.807, 2.05) is 0 Å². The normalized spacial score (nSPS) is 16.1. The molecule has 0 aromatic heterocycles. The van der Waals surface area contributed by atoms with Crippen LogP contribution in [0.3, 0.4) is 0 Å². The topological polar surface area (TPSA) is 6.48 Å². The smallest absolute Gasteiger partial charge is 0.117 e. The van der Waals surface area contributed by atoms with Crippen LogP contribution < -0.4 is 20.2 Å². The third-order valence-electron chi connectivity index (χ3n) is 14.2. The Bertz CT molecular complexity index is 3180. The maximum atomic E-state index is 2.51. The van der Waals surface area contributed by atoms with Crippen LogP contribution in [0.2, 0.25) is 13.1 Å². The third-order valence-corrected chi connectivity index (χ3v) is 17.7. The summed E-state index contributed by atoms with van der Waals surface area (Å²) in [6.45, 7) is 14.2. The van der Waals surface area contributed by atoms with E-state index in [9.17, 15) is 0 Å². The Kier molecular flexibility index (Phi) is 8.92. The highest BCUT2D eigenvalue weighted by molar-refractivity contribution is 7.02. The van der Waals surface area contributed by atoms with Crippen LogP contribution in [-0.4, -0.2) is 8.07 Å². The lowest BCUT2D eigenvalue weighted by atomic mass is 9.81. The Morgan fingerprint density at radius 1 is 0.516 bits per heavy atom. The minimum Gasteiger partial charge on any atom is -0.311 e. The van der Waals surface area contributed by atoms with Crippen molar-refractivity contribution < 1.29 is 0 Å². The Morgan fingerprint density at radius 2 is 1.06 bits per heavy atom. The van der Waals surface area contributed by atoms with Crippen LogP contribution in [-0.2, 0) is 11.8 Å². The van der Waals surface area contributed by atoms with E-state index in [1.54, 1.807) is 0 Å². The molecule has 0 bridgehead atoms. The van der Waals surface area contributed by atoms with Crippen molar-refractivity contribution in [2.75, 3.05) is 9.80 Å². The van der Waals surface area contributed by atoms with Gasteiger partial charge in [-0.15, -0.1) is 0 Å². The second-order valence-electron chi connectivity index (χ2n) is 18.6. The molecule has 62 heavy (non-hydrogen) atoms. The molecule has 1 aliphatic carbocycles. The summed E-state index contributed by atoms with van der Waals surface area (Å²) in [5.41, 5.74) is 18.2. The van der Waals surface area contributed by atoms with Gasteiger partial charge < -0.3 is 9.80 Å². The van der Waals surface area contributed by atoms with Crippen molar-refractivity contribution >= 4 is 80.6 Å². The number of para-hydroxylation sites is 3. The lowest BCUT2D eigenvalue weighted by Crippen LogP contribution is -2.58. The monoisotopic (exact) mass is 816 g/mol. The molecule has 2 nitrogen and oxygen atoms in total. The van der Waals surface area contributed by atoms with E-state index < -0.39 is 8.07 Å². The standard InChI is InChI=1S/C59H52N2Si/c1-7-14-53-39(2)21-26-42-15-8-9-16-54(42)60(53)45-29-33-48-44(37-45)28-27-43-35-40(24-31-47(43)48)22-23-41-25-32-49-50-34-30-46(38-52(50)59(3,4)51(49)36-41)61-55-17-10-12-19-57(55)62(5,6)58-20-13-11-18-56(58)61/h7-20,22-25,27-38H,21,26H2,1-6H3/b14-7-,23-22+. The van der Waals surface area contributed by atoms with Crippen molar-refractivity contribution in [3.8, 4) is 11.1 Å². The van der Waals surface area contributed by atoms with Gasteiger partial charge in [-0.25, -0.2) is 0 Å². The first kappa shape index (κ1) is 38.3. The molecule has 11 rings (SSSR count). The number of anilines is 5. The first-order chi connectivity index (χ1) is 30.1. The van der Waals surface area contributed by atoms with Crippen LogP contribution in [0.4, 0.5) is 28.4 Å². The molecule has 3 heteroatoms. The maximum Gasteiger partial charge on any atom is 0.117 e. The number of hydrogen-bond donors (Lipinski definition) is 0. The molecule has 3 aliphatic rings. The molecular weight excluding hydrogens is 765 g/mol. The lowest BCUT2D eigenvalue weighted by molar-refractivity contribution is 0.660. The Balaban J connectivity index is 0.890. The SMILES string of the molecule is C/C=C\C1=C(C)CCc2ccccc2N1c1ccc2c(ccc3cc(/C=C/c4ccc5c(c4)C(C)(C)c4cc(N6c7ccccc7[Si](C)(C)c7ccccc76)ccc4-5)ccc32)c1. The van der Waals surface area contributed by atoms with Gasteiger partial charge in [0, 0.05) is 39.5 Å². The van der Waals surface area contributed by atoms with Crippen molar-refractivity contribution in [1.29, 1.82) is 0 Å². The molecule has 8 aromatic carbocycles. The summed E-state index contributed by atoms with van der Waals surface area (Å²) < 4.78 is 0. The van der Waals surface area contributed by atoms with Crippen molar-refractivity contribution in [2.45, 2.75) is 59.0 Å². The maximum absolute atomic E-state index is 2.51. The quantitative estimate of drug-likeness (QED) is 0.0970. The summed E-state index contributed by atoms with van der Waals surface area (Å²) in [5, 5.41) is 8.05. The predicted octanol–water partition coefficient (Wildman–Crippen LogP) is 15.0. The molecule has 0 saturated carbocycles. The molecule has 2 heterocycles. The van der Waals surface area contributed by atoms with E-state index in [-0.39, 0.29) is 5.41 Å². The zero-order chi connectivity index (χ0) is 42.3. The highest BCUT2D eigenvalue weighted by atomic mass is 28.3. The van der Waals surface area contributed by atoms with Gasteiger partial charge in [-0.3, -0.25) is 0 Å². The van der Waals surface area contributed by atoms with Gasteiger partial charge in [0.25, 0.3) is 0 Å². The number of fused-ring (bicyclic) bond motifs is 9. The molecule has 0 amide bonds. The number of aryl methyl sites for hydroxylation is 1. The molecule has 2 aliphatic heterocycles. The largest absolute Gasteiger partial charge is 0.311 e. The Morgan fingerprint density at radius 3 is 1.77 bits per heavy atom. The molecule has 0 saturated heterocycles. The summed E-state index contributed by atoms with van der Waals surface area (Å²) in [6.07, 6.45) is 11.1. The van der Waals surface area contributed by atoms with E-state index in [1.165, 1.54) is 111 Å². The fourth-order valence-corrected chi connectivity index (χ4v) is 13.8. The zero-order valence-electron chi connectivity index (χ0n) is 36.6. The zero-order valence-corrected chi connectivity index (χ0v) is 37.6. The highest BCUT2D eigenvalue weighted by Gasteiger charge is 2.40. The first-order valence-electron chi connectivity index (χ1n) is 22.3. The molecule has 302 valence electrons. The predicted molar refractivity (Wildman–Crippen MR) is 270 cm³/mol. The van der Waals surface area contributed by atoms with Crippen molar-refractivity contribution in [1.82, 2.24) is 0 Å². The van der Waals surface area contributed by atoms with Crippen molar-refractivity contribution in [3.63, 3.8) is 0 Å². The number of allylic oxidation sites excluding steroid dienone is 3. The van der Waals surface area contributed by atoms with E-state index in [4.69, 9.17) is 0 Å². The van der Waals surface area contributed by atoms with Crippen LogP contribution >= 0.6 is 0 Å². The molecule has 0 fully saturated rings. The van der Waals surface area contributed by atoms with Crippen molar-refractivity contribution in [2.24, 2.45) is 0 Å². The van der Waals surface area contributed by atoms with Gasteiger partial charge in [-0.2, -0.15) is 0 Å². The van der Waals surface area contributed by atoms with E-state index in [0.717, 1.165) is 12.8 Å². The van der Waals surface area contributed by atoms with Gasteiger partial charge in [-0.1, -0.05) is 154 Å². The average molecular weight is 817 g/mol. The second kappa shape index (κ2) is 14.5. The summed E-state index contributed by atoms with van der Waals surface area (Å²) in [6, 6.07) is 59.7. The van der Waals surface area contributed by atoms with Gasteiger partial charge in [0.1, 0.15) is 8.07 Å². The fourth-order valence-electron chi connectivity index (χ4n) is 10.8. The lowest BCUT2D eigenvalue weighted by Gasteiger charge is -2.41. The molecular formula is C59H52N2Si. The van der Waals surface area contributed by atoms with Gasteiger partial charge in [0.2, 0.25) is 0 Å². The van der Waals surface area contributed by atoms with Gasteiger partial charge in [0.15, 0.2) is 0 Å². The Labute approximate surface area is 367 Å². The molecule has 8 aromatic rings. The summed E-state index contributed by atoms with van der Waals surface area (Å²) in [4.78, 5) is 4.97. The van der Waals surface area contributed by atoms with Gasteiger partial charge in [0.05, 0.1) is 0 Å². The summed E-state index contributed by atoms with van der Waals surface area (Å²) in [5.74, 6) is 0. The van der Waals surface area contributed by atoms with Crippen LogP contribution in [0, 0.1) is 0 Å². The van der Waals surface area contributed by atoms with Crippen LogP contribution in [0.1, 0.15) is 61.9 Å². The second-order valence-corrected chi connectivity index (χ2v) is 22.9. The molecule has 0 unspecified atom stereocenters. The molecule has 0 spiro atoms. The van der Waals surface area contributed by atoms with Crippen LogP contribution in [0.5, 0.6) is 0 Å². The third kappa shape index (κ3) is 5.97. The van der Waals surface area contributed by atoms with Crippen LogP contribution in [0.15, 0.2) is 181 Å². The summed E-state index contributed by atoms with van der Waals surface area (Å²) >= 11 is 0. The van der Waals surface area contributed by atoms with Gasteiger partial charge in [-0.05, 0) is 158 Å². The number of nitrogens with zero attached hydrogens (tertiary/aromatic N) is 2. The number of hydrogen-bond acceptors (Lipinski definition) is 2. The van der Waals surface area contributed by atoms with Gasteiger partial charge >= 0.3 is 0 Å². The minimum atomic E-state index is -1.85. The van der Waals surface area contributed by atoms with Crippen molar-refractivity contribution in [3.05, 3.63) is 209 Å². The van der Waals surface area contributed by atoms with E-state index in [0.29, 0.717) is 0 Å². The first-order valence-corrected chi connectivity index (χ1v) is 25.3. The summed E-state index contributed by atoms with van der Waals surface area (Å²) in [7, 11) is -1.85.